The second-order valence-corrected chi connectivity index (χ2v) is 6.56. The number of aliphatic imine (C=N–C) groups is 1. The summed E-state index contributed by atoms with van der Waals surface area (Å²) < 4.78 is 19.8. The minimum atomic E-state index is -0.261. The van der Waals surface area contributed by atoms with Crippen molar-refractivity contribution in [3.63, 3.8) is 0 Å². The van der Waals surface area contributed by atoms with Crippen molar-refractivity contribution in [2.75, 3.05) is 0 Å². The molecule has 0 aliphatic heterocycles. The predicted octanol–water partition coefficient (Wildman–Crippen LogP) is 6.23. The van der Waals surface area contributed by atoms with E-state index in [4.69, 9.17) is 4.74 Å². The van der Waals surface area contributed by atoms with Crippen molar-refractivity contribution in [2.24, 2.45) is 4.99 Å². The van der Waals surface area contributed by atoms with Crippen LogP contribution in [0.1, 0.15) is 16.7 Å². The van der Waals surface area contributed by atoms with E-state index >= 15 is 0 Å². The quantitative estimate of drug-likeness (QED) is 0.467. The van der Waals surface area contributed by atoms with Crippen LogP contribution in [-0.4, -0.2) is 6.21 Å². The number of nitrogens with zero attached hydrogens (tertiary/aromatic N) is 1. The van der Waals surface area contributed by atoms with Crippen molar-refractivity contribution < 1.29 is 9.13 Å². The van der Waals surface area contributed by atoms with Gasteiger partial charge in [0.1, 0.15) is 18.2 Å². The first-order chi connectivity index (χ1) is 12.1. The summed E-state index contributed by atoms with van der Waals surface area (Å²) in [5, 5.41) is 0. The lowest BCUT2D eigenvalue weighted by atomic mass is 10.2. The third kappa shape index (κ3) is 5.00. The maximum Gasteiger partial charge on any atom is 0.134 e. The Bertz CT molecular complexity index is 891. The van der Waals surface area contributed by atoms with E-state index in [1.165, 1.54) is 17.7 Å². The van der Waals surface area contributed by atoms with Crippen molar-refractivity contribution in [2.45, 2.75) is 13.5 Å². The lowest BCUT2D eigenvalue weighted by Gasteiger charge is -2.09. The highest BCUT2D eigenvalue weighted by atomic mass is 79.9. The van der Waals surface area contributed by atoms with Crippen molar-refractivity contribution in [3.05, 3.63) is 93.7 Å². The molecule has 4 heteroatoms. The van der Waals surface area contributed by atoms with Crippen LogP contribution in [0.2, 0.25) is 0 Å². The van der Waals surface area contributed by atoms with Crippen molar-refractivity contribution >= 4 is 27.8 Å². The largest absolute Gasteiger partial charge is 0.488 e. The van der Waals surface area contributed by atoms with Gasteiger partial charge in [-0.3, -0.25) is 4.99 Å². The standard InChI is InChI=1S/C21H17BrFNO/c1-15-5-8-19(9-6-15)24-13-16-7-10-21(20(22)12-16)25-14-17-3-2-4-18(23)11-17/h2-13H,14H2,1H3. The van der Waals surface area contributed by atoms with Gasteiger partial charge in [0.2, 0.25) is 0 Å². The second-order valence-electron chi connectivity index (χ2n) is 5.70. The number of benzene rings is 3. The molecule has 0 saturated carbocycles. The fourth-order valence-corrected chi connectivity index (χ4v) is 2.79. The number of halogens is 2. The smallest absolute Gasteiger partial charge is 0.134 e. The van der Waals surface area contributed by atoms with Crippen LogP contribution in [0, 0.1) is 12.7 Å². The van der Waals surface area contributed by atoms with Crippen LogP contribution in [0.4, 0.5) is 10.1 Å². The highest BCUT2D eigenvalue weighted by Crippen LogP contribution is 2.26. The normalized spacial score (nSPS) is 11.0. The summed E-state index contributed by atoms with van der Waals surface area (Å²) in [7, 11) is 0. The molecule has 2 nitrogen and oxygen atoms in total. The van der Waals surface area contributed by atoms with Crippen LogP contribution in [0.15, 0.2) is 76.2 Å². The van der Waals surface area contributed by atoms with E-state index in [0.29, 0.717) is 12.4 Å². The zero-order valence-electron chi connectivity index (χ0n) is 13.7. The number of ether oxygens (including phenoxy) is 1. The van der Waals surface area contributed by atoms with Gasteiger partial charge in [-0.15, -0.1) is 0 Å². The highest BCUT2D eigenvalue weighted by Gasteiger charge is 2.03. The number of hydrogen-bond donors (Lipinski definition) is 0. The topological polar surface area (TPSA) is 21.6 Å². The number of rotatable bonds is 5. The van der Waals surface area contributed by atoms with Gasteiger partial charge in [-0.05, 0) is 76.4 Å². The molecule has 0 saturated heterocycles. The molecular weight excluding hydrogens is 381 g/mol. The van der Waals surface area contributed by atoms with Crippen LogP contribution in [0.25, 0.3) is 0 Å². The summed E-state index contributed by atoms with van der Waals surface area (Å²) in [5.41, 5.74) is 3.87. The number of hydrogen-bond acceptors (Lipinski definition) is 2. The van der Waals surface area contributed by atoms with Crippen LogP contribution >= 0.6 is 15.9 Å². The SMILES string of the molecule is Cc1ccc(N=Cc2ccc(OCc3cccc(F)c3)c(Br)c2)cc1. The number of aryl methyl sites for hydroxylation is 1. The molecule has 0 spiro atoms. The lowest BCUT2D eigenvalue weighted by Crippen LogP contribution is -1.97. The molecule has 0 amide bonds. The van der Waals surface area contributed by atoms with E-state index in [1.54, 1.807) is 6.07 Å². The van der Waals surface area contributed by atoms with E-state index in [0.717, 1.165) is 21.3 Å². The fraction of sp³-hybridized carbons (Fsp3) is 0.0952. The van der Waals surface area contributed by atoms with Gasteiger partial charge in [0.25, 0.3) is 0 Å². The maximum absolute atomic E-state index is 13.2. The molecule has 0 heterocycles. The van der Waals surface area contributed by atoms with Gasteiger partial charge in [0.15, 0.2) is 0 Å². The molecule has 3 aromatic carbocycles. The molecule has 0 aliphatic rings. The Balaban J connectivity index is 1.67. The first kappa shape index (κ1) is 17.4. The monoisotopic (exact) mass is 397 g/mol. The summed E-state index contributed by atoms with van der Waals surface area (Å²) in [6, 6.07) is 20.2. The van der Waals surface area contributed by atoms with Gasteiger partial charge in [0, 0.05) is 6.21 Å². The van der Waals surface area contributed by atoms with Crippen LogP contribution in [0.3, 0.4) is 0 Å². The molecule has 0 N–H and O–H groups in total. The molecule has 0 aliphatic carbocycles. The van der Waals surface area contributed by atoms with Gasteiger partial charge < -0.3 is 4.74 Å². The molecule has 126 valence electrons. The molecule has 25 heavy (non-hydrogen) atoms. The summed E-state index contributed by atoms with van der Waals surface area (Å²) in [6.45, 7) is 2.36. The van der Waals surface area contributed by atoms with Gasteiger partial charge >= 0.3 is 0 Å². The molecule has 3 rings (SSSR count). The molecule has 0 fully saturated rings. The summed E-state index contributed by atoms with van der Waals surface area (Å²) in [5.74, 6) is 0.444. The Morgan fingerprint density at radius 3 is 2.56 bits per heavy atom. The average Bonchev–Trinajstić information content (AvgIpc) is 2.60. The van der Waals surface area contributed by atoms with Crippen LogP contribution < -0.4 is 4.74 Å². The van der Waals surface area contributed by atoms with Crippen molar-refractivity contribution in [3.8, 4) is 5.75 Å². The van der Waals surface area contributed by atoms with Crippen LogP contribution in [0.5, 0.6) is 5.75 Å². The second kappa shape index (κ2) is 8.08. The van der Waals surface area contributed by atoms with Crippen LogP contribution in [-0.2, 0) is 6.61 Å². The third-order valence-corrected chi connectivity index (χ3v) is 4.26. The minimum absolute atomic E-state index is 0.261. The van der Waals surface area contributed by atoms with E-state index < -0.39 is 0 Å². The summed E-state index contributed by atoms with van der Waals surface area (Å²) in [4.78, 5) is 4.46. The first-order valence-electron chi connectivity index (χ1n) is 7.88. The van der Waals surface area contributed by atoms with E-state index in [-0.39, 0.29) is 5.82 Å². The zero-order valence-corrected chi connectivity index (χ0v) is 15.3. The zero-order chi connectivity index (χ0) is 17.6. The van der Waals surface area contributed by atoms with E-state index in [1.807, 2.05) is 61.7 Å². The third-order valence-electron chi connectivity index (χ3n) is 3.64. The molecule has 0 aromatic heterocycles. The van der Waals surface area contributed by atoms with Crippen molar-refractivity contribution in [1.29, 1.82) is 0 Å². The molecule has 0 unspecified atom stereocenters. The molecular formula is C21H17BrFNO. The maximum atomic E-state index is 13.2. The predicted molar refractivity (Wildman–Crippen MR) is 103 cm³/mol. The lowest BCUT2D eigenvalue weighted by molar-refractivity contribution is 0.303. The van der Waals surface area contributed by atoms with Gasteiger partial charge in [-0.1, -0.05) is 29.8 Å². The average molecular weight is 398 g/mol. The highest BCUT2D eigenvalue weighted by molar-refractivity contribution is 9.10. The van der Waals surface area contributed by atoms with E-state index in [9.17, 15) is 4.39 Å². The van der Waals surface area contributed by atoms with E-state index in [2.05, 4.69) is 20.9 Å². The Labute approximate surface area is 155 Å². The van der Waals surface area contributed by atoms with Gasteiger partial charge in [-0.25, -0.2) is 4.39 Å². The summed E-state index contributed by atoms with van der Waals surface area (Å²) in [6.07, 6.45) is 1.81. The van der Waals surface area contributed by atoms with Crippen molar-refractivity contribution in [1.82, 2.24) is 0 Å². The van der Waals surface area contributed by atoms with Gasteiger partial charge in [0.05, 0.1) is 10.2 Å². The summed E-state index contributed by atoms with van der Waals surface area (Å²) >= 11 is 3.51. The molecule has 0 atom stereocenters. The van der Waals surface area contributed by atoms with Gasteiger partial charge in [-0.2, -0.15) is 0 Å². The Morgan fingerprint density at radius 2 is 1.84 bits per heavy atom. The molecule has 0 radical (unpaired) electrons. The Morgan fingerprint density at radius 1 is 1.04 bits per heavy atom. The molecule has 0 bridgehead atoms. The Hall–Kier alpha value is -2.46. The Kier molecular flexibility index (Phi) is 5.61. The minimum Gasteiger partial charge on any atom is -0.488 e. The first-order valence-corrected chi connectivity index (χ1v) is 8.67. The molecule has 3 aromatic rings. The fourth-order valence-electron chi connectivity index (χ4n) is 2.28.